The van der Waals surface area contributed by atoms with Crippen LogP contribution < -0.4 is 4.74 Å². The van der Waals surface area contributed by atoms with Crippen LogP contribution in [-0.4, -0.2) is 59.9 Å². The highest BCUT2D eigenvalue weighted by molar-refractivity contribution is 7.10. The summed E-state index contributed by atoms with van der Waals surface area (Å²) in [5.74, 6) is -0.572. The van der Waals surface area contributed by atoms with Gasteiger partial charge in [0.1, 0.15) is 11.5 Å². The van der Waals surface area contributed by atoms with Crippen molar-refractivity contribution in [3.05, 3.63) is 69.9 Å². The number of hydrogen-bond donors (Lipinski definition) is 1. The number of methoxy groups -OCH3 is 1. The molecule has 2 heterocycles. The van der Waals surface area contributed by atoms with Crippen molar-refractivity contribution in [1.29, 1.82) is 0 Å². The number of nitrogens with zero attached hydrogens (tertiary/aromatic N) is 2. The van der Waals surface area contributed by atoms with Gasteiger partial charge in [0.15, 0.2) is 0 Å². The summed E-state index contributed by atoms with van der Waals surface area (Å²) in [6, 6.07) is 14.4. The number of aliphatic hydroxyl groups excluding tert-OH is 1. The van der Waals surface area contributed by atoms with E-state index in [1.165, 1.54) is 11.3 Å². The van der Waals surface area contributed by atoms with Crippen LogP contribution in [0.1, 0.15) is 36.8 Å². The molecule has 1 amide bonds. The van der Waals surface area contributed by atoms with Gasteiger partial charge in [0.05, 0.1) is 18.7 Å². The molecular weight excluding hydrogens is 448 g/mol. The summed E-state index contributed by atoms with van der Waals surface area (Å²) in [6.07, 6.45) is 0.758. The molecule has 1 fully saturated rings. The minimum Gasteiger partial charge on any atom is -0.507 e. The number of ether oxygens (including phenoxy) is 1. The van der Waals surface area contributed by atoms with Crippen molar-refractivity contribution in [1.82, 2.24) is 9.80 Å². The Bertz CT molecular complexity index is 1210. The Kier molecular flexibility index (Phi) is 7.34. The first-order chi connectivity index (χ1) is 16.5. The predicted octanol–water partition coefficient (Wildman–Crippen LogP) is 5.06. The summed E-state index contributed by atoms with van der Waals surface area (Å²) < 4.78 is 5.29. The third-order valence-corrected chi connectivity index (χ3v) is 7.37. The Hall–Kier alpha value is -3.16. The van der Waals surface area contributed by atoms with E-state index in [-0.39, 0.29) is 11.3 Å². The smallest absolute Gasteiger partial charge is 0.295 e. The number of thiophene rings is 1. The molecule has 0 bridgehead atoms. The molecule has 3 aromatic rings. The van der Waals surface area contributed by atoms with Gasteiger partial charge in [-0.1, -0.05) is 38.1 Å². The quantitative estimate of drug-likeness (QED) is 0.264. The second-order valence-electron chi connectivity index (χ2n) is 8.32. The summed E-state index contributed by atoms with van der Waals surface area (Å²) in [6.45, 7) is 7.41. The lowest BCUT2D eigenvalue weighted by Crippen LogP contribution is -2.33. The predicted molar refractivity (Wildman–Crippen MR) is 136 cm³/mol. The average Bonchev–Trinajstić information content (AvgIpc) is 3.48. The highest BCUT2D eigenvalue weighted by atomic mass is 32.1. The number of ketones is 1. The van der Waals surface area contributed by atoms with Crippen LogP contribution in [0.15, 0.2) is 59.5 Å². The van der Waals surface area contributed by atoms with Crippen LogP contribution in [0.2, 0.25) is 0 Å². The minimum atomic E-state index is -0.631. The molecule has 1 atom stereocenters. The van der Waals surface area contributed by atoms with E-state index in [0.717, 1.165) is 47.5 Å². The van der Waals surface area contributed by atoms with Gasteiger partial charge in [-0.15, -0.1) is 11.3 Å². The van der Waals surface area contributed by atoms with E-state index in [1.807, 2.05) is 47.8 Å². The number of fused-ring (bicyclic) bond motifs is 1. The van der Waals surface area contributed by atoms with Gasteiger partial charge in [-0.3, -0.25) is 9.59 Å². The first-order valence-electron chi connectivity index (χ1n) is 11.6. The molecule has 178 valence electrons. The third-order valence-electron chi connectivity index (χ3n) is 6.44. The van der Waals surface area contributed by atoms with Crippen LogP contribution in [0.5, 0.6) is 5.75 Å². The van der Waals surface area contributed by atoms with E-state index >= 15 is 0 Å². The largest absolute Gasteiger partial charge is 0.507 e. The molecule has 4 rings (SSSR count). The maximum atomic E-state index is 13.2. The van der Waals surface area contributed by atoms with E-state index < -0.39 is 17.7 Å². The summed E-state index contributed by atoms with van der Waals surface area (Å²) in [5.41, 5.74) is 0.670. The second kappa shape index (κ2) is 10.4. The van der Waals surface area contributed by atoms with E-state index in [9.17, 15) is 14.7 Å². The molecule has 6 nitrogen and oxygen atoms in total. The monoisotopic (exact) mass is 478 g/mol. The Balaban J connectivity index is 1.72. The number of likely N-dealkylation sites (tertiary alicyclic amines) is 1. The molecule has 1 aliphatic heterocycles. The molecule has 0 radical (unpaired) electrons. The van der Waals surface area contributed by atoms with E-state index in [0.29, 0.717) is 12.1 Å². The van der Waals surface area contributed by atoms with E-state index in [1.54, 1.807) is 18.1 Å². The van der Waals surface area contributed by atoms with Crippen LogP contribution in [0.4, 0.5) is 0 Å². The van der Waals surface area contributed by atoms with Gasteiger partial charge >= 0.3 is 0 Å². The number of rotatable bonds is 9. The maximum absolute atomic E-state index is 13.2. The number of hydrogen-bond acceptors (Lipinski definition) is 6. The number of benzene rings is 2. The zero-order valence-electron chi connectivity index (χ0n) is 19.8. The van der Waals surface area contributed by atoms with Crippen LogP contribution in [0, 0.1) is 0 Å². The number of aliphatic hydroxyl groups is 1. The van der Waals surface area contributed by atoms with Crippen molar-refractivity contribution < 1.29 is 19.4 Å². The number of carbonyl (C=O) groups excluding carboxylic acids is 2. The molecule has 2 aromatic carbocycles. The maximum Gasteiger partial charge on any atom is 0.295 e. The van der Waals surface area contributed by atoms with Crippen molar-refractivity contribution in [2.45, 2.75) is 26.3 Å². The lowest BCUT2D eigenvalue weighted by Gasteiger charge is -2.25. The Morgan fingerprint density at radius 2 is 1.82 bits per heavy atom. The molecule has 7 heteroatoms. The van der Waals surface area contributed by atoms with Gasteiger partial charge in [0.25, 0.3) is 11.7 Å². The van der Waals surface area contributed by atoms with Crippen LogP contribution in [0.3, 0.4) is 0 Å². The zero-order chi connectivity index (χ0) is 24.2. The van der Waals surface area contributed by atoms with Crippen LogP contribution in [0.25, 0.3) is 16.5 Å². The Labute approximate surface area is 204 Å². The van der Waals surface area contributed by atoms with Crippen molar-refractivity contribution >= 4 is 39.6 Å². The van der Waals surface area contributed by atoms with Gasteiger partial charge in [-0.25, -0.2) is 0 Å². The standard InChI is InChI=1S/C27H30N2O4S/c1-4-28(5-2)13-7-14-29-24(22-8-6-15-34-22)23(26(31)27(29)32)25(30)20-10-9-19-17-21(33-3)12-11-18(19)16-20/h6,8-12,15-17,24,30H,4-5,7,13-14H2,1-3H3/b25-23+. The molecule has 0 aliphatic carbocycles. The molecule has 1 N–H and O–H groups in total. The normalized spacial score (nSPS) is 17.8. The Morgan fingerprint density at radius 1 is 1.09 bits per heavy atom. The zero-order valence-corrected chi connectivity index (χ0v) is 20.6. The first-order valence-corrected chi connectivity index (χ1v) is 12.5. The summed E-state index contributed by atoms with van der Waals surface area (Å²) in [4.78, 5) is 31.0. The molecule has 1 saturated heterocycles. The summed E-state index contributed by atoms with van der Waals surface area (Å²) in [7, 11) is 1.62. The first kappa shape index (κ1) is 24.0. The number of carbonyl (C=O) groups is 2. The molecular formula is C27H30N2O4S. The second-order valence-corrected chi connectivity index (χ2v) is 9.30. The Morgan fingerprint density at radius 3 is 2.50 bits per heavy atom. The molecule has 0 spiro atoms. The molecule has 1 aliphatic rings. The fourth-order valence-electron chi connectivity index (χ4n) is 4.51. The van der Waals surface area contributed by atoms with Crippen molar-refractivity contribution in [2.24, 2.45) is 0 Å². The topological polar surface area (TPSA) is 70.1 Å². The molecule has 0 saturated carbocycles. The molecule has 34 heavy (non-hydrogen) atoms. The van der Waals surface area contributed by atoms with Crippen LogP contribution in [-0.2, 0) is 9.59 Å². The average molecular weight is 479 g/mol. The van der Waals surface area contributed by atoms with Crippen molar-refractivity contribution in [3.8, 4) is 5.75 Å². The fraction of sp³-hybridized carbons (Fsp3) is 0.333. The van der Waals surface area contributed by atoms with Gasteiger partial charge in [-0.2, -0.15) is 0 Å². The highest BCUT2D eigenvalue weighted by Gasteiger charge is 2.46. The lowest BCUT2D eigenvalue weighted by atomic mass is 9.98. The SMILES string of the molecule is CCN(CC)CCCN1C(=O)C(=O)/C(=C(/O)c2ccc3cc(OC)ccc3c2)C1c1cccs1. The van der Waals surface area contributed by atoms with E-state index in [4.69, 9.17) is 4.74 Å². The molecule has 1 aromatic heterocycles. The van der Waals surface area contributed by atoms with Crippen molar-refractivity contribution in [3.63, 3.8) is 0 Å². The van der Waals surface area contributed by atoms with Gasteiger partial charge in [0, 0.05) is 17.0 Å². The highest BCUT2D eigenvalue weighted by Crippen LogP contribution is 2.41. The van der Waals surface area contributed by atoms with E-state index in [2.05, 4.69) is 18.7 Å². The van der Waals surface area contributed by atoms with Gasteiger partial charge in [0.2, 0.25) is 0 Å². The number of Topliss-reactive ketones (excluding diaryl/α,β-unsaturated/α-hetero) is 1. The lowest BCUT2D eigenvalue weighted by molar-refractivity contribution is -0.139. The molecule has 1 unspecified atom stereocenters. The third kappa shape index (κ3) is 4.58. The summed E-state index contributed by atoms with van der Waals surface area (Å²) >= 11 is 1.48. The summed E-state index contributed by atoms with van der Waals surface area (Å²) in [5, 5.41) is 15.1. The minimum absolute atomic E-state index is 0.138. The number of amides is 1. The van der Waals surface area contributed by atoms with Crippen molar-refractivity contribution in [2.75, 3.05) is 33.3 Å². The van der Waals surface area contributed by atoms with Gasteiger partial charge < -0.3 is 19.6 Å². The fourth-order valence-corrected chi connectivity index (χ4v) is 5.36. The van der Waals surface area contributed by atoms with Gasteiger partial charge in [-0.05, 0) is 66.5 Å². The van der Waals surface area contributed by atoms with Crippen LogP contribution >= 0.6 is 11.3 Å².